The Morgan fingerprint density at radius 2 is 2.00 bits per heavy atom. The van der Waals surface area contributed by atoms with Crippen LogP contribution in [-0.4, -0.2) is 6.61 Å². The number of halogens is 1. The van der Waals surface area contributed by atoms with E-state index in [0.29, 0.717) is 0 Å². The van der Waals surface area contributed by atoms with Crippen LogP contribution in [0.5, 0.6) is 5.75 Å². The quantitative estimate of drug-likeness (QED) is 0.487. The molecule has 1 atom stereocenters. The van der Waals surface area contributed by atoms with E-state index in [1.807, 2.05) is 12.1 Å². The minimum absolute atomic E-state index is 0.0271. The normalized spacial score (nSPS) is 12.3. The summed E-state index contributed by atoms with van der Waals surface area (Å²) in [6, 6.07) is 10.3. The van der Waals surface area contributed by atoms with E-state index in [1.54, 1.807) is 11.3 Å². The van der Waals surface area contributed by atoms with Gasteiger partial charge in [0.25, 0.3) is 0 Å². The number of benzene rings is 1. The van der Waals surface area contributed by atoms with Crippen molar-refractivity contribution in [3.63, 3.8) is 0 Å². The number of unbranched alkanes of at least 4 members (excludes halogenated alkanes) is 1. The monoisotopic (exact) mass is 294 g/mol. The van der Waals surface area contributed by atoms with Crippen LogP contribution in [0.2, 0.25) is 0 Å². The summed E-state index contributed by atoms with van der Waals surface area (Å²) in [5.41, 5.74) is 2.45. The first-order chi connectivity index (χ1) is 9.29. The Hall–Kier alpha value is -0.990. The van der Waals surface area contributed by atoms with Gasteiger partial charge in [0.05, 0.1) is 12.0 Å². The Bertz CT molecular complexity index is 464. The van der Waals surface area contributed by atoms with Crippen LogP contribution >= 0.6 is 22.9 Å². The molecule has 0 fully saturated rings. The third-order valence-electron chi connectivity index (χ3n) is 3.00. The Kier molecular flexibility index (Phi) is 5.74. The average Bonchev–Trinajstić information content (AvgIpc) is 2.93. The summed E-state index contributed by atoms with van der Waals surface area (Å²) in [4.78, 5) is 0. The zero-order valence-electron chi connectivity index (χ0n) is 11.1. The van der Waals surface area contributed by atoms with Gasteiger partial charge in [-0.25, -0.2) is 0 Å². The maximum Gasteiger partial charge on any atom is 0.119 e. The predicted octanol–water partition coefficient (Wildman–Crippen LogP) is 5.45. The van der Waals surface area contributed by atoms with E-state index in [9.17, 15) is 0 Å². The van der Waals surface area contributed by atoms with Crippen LogP contribution < -0.4 is 4.74 Å². The van der Waals surface area contributed by atoms with Crippen LogP contribution in [0.3, 0.4) is 0 Å². The second-order valence-corrected chi connectivity index (χ2v) is 5.88. The van der Waals surface area contributed by atoms with Crippen molar-refractivity contribution in [3.05, 3.63) is 52.2 Å². The van der Waals surface area contributed by atoms with E-state index in [2.05, 4.69) is 35.9 Å². The minimum Gasteiger partial charge on any atom is -0.494 e. The zero-order chi connectivity index (χ0) is 13.5. The molecule has 1 aromatic carbocycles. The van der Waals surface area contributed by atoms with Gasteiger partial charge in [-0.1, -0.05) is 25.5 Å². The predicted molar refractivity (Wildman–Crippen MR) is 83.5 cm³/mol. The highest BCUT2D eigenvalue weighted by Crippen LogP contribution is 2.27. The van der Waals surface area contributed by atoms with E-state index in [-0.39, 0.29) is 5.38 Å². The van der Waals surface area contributed by atoms with Crippen molar-refractivity contribution in [2.45, 2.75) is 31.6 Å². The van der Waals surface area contributed by atoms with Crippen LogP contribution in [0, 0.1) is 0 Å². The second-order valence-electron chi connectivity index (χ2n) is 4.57. The van der Waals surface area contributed by atoms with Gasteiger partial charge in [0, 0.05) is 0 Å². The van der Waals surface area contributed by atoms with E-state index in [1.165, 1.54) is 5.56 Å². The fourth-order valence-corrected chi connectivity index (χ4v) is 2.85. The highest BCUT2D eigenvalue weighted by Gasteiger charge is 2.09. The molecule has 2 rings (SSSR count). The SMILES string of the molecule is CCCCOc1ccc(C(Cl)Cc2ccsc2)cc1. The molecule has 19 heavy (non-hydrogen) atoms. The Morgan fingerprint density at radius 1 is 1.21 bits per heavy atom. The van der Waals surface area contributed by atoms with Crippen molar-refractivity contribution in [2.24, 2.45) is 0 Å². The van der Waals surface area contributed by atoms with E-state index in [0.717, 1.165) is 37.2 Å². The first-order valence-corrected chi connectivity index (χ1v) is 8.05. The van der Waals surface area contributed by atoms with Crippen molar-refractivity contribution in [3.8, 4) is 5.75 Å². The number of alkyl halides is 1. The fraction of sp³-hybridized carbons (Fsp3) is 0.375. The molecule has 1 heterocycles. The largest absolute Gasteiger partial charge is 0.494 e. The van der Waals surface area contributed by atoms with Crippen molar-refractivity contribution in [2.75, 3.05) is 6.61 Å². The molecule has 0 saturated carbocycles. The van der Waals surface area contributed by atoms with Crippen LogP contribution in [0.1, 0.15) is 36.3 Å². The molecule has 0 aliphatic rings. The molecule has 1 unspecified atom stereocenters. The molecule has 102 valence electrons. The summed E-state index contributed by atoms with van der Waals surface area (Å²) < 4.78 is 5.65. The number of hydrogen-bond acceptors (Lipinski definition) is 2. The third-order valence-corrected chi connectivity index (χ3v) is 4.14. The maximum atomic E-state index is 6.44. The Labute approximate surface area is 124 Å². The summed E-state index contributed by atoms with van der Waals surface area (Å²) in [5, 5.41) is 4.26. The molecule has 0 aliphatic heterocycles. The van der Waals surface area contributed by atoms with E-state index >= 15 is 0 Å². The minimum atomic E-state index is 0.0271. The molecule has 1 nitrogen and oxygen atoms in total. The molecule has 0 N–H and O–H groups in total. The van der Waals surface area contributed by atoms with E-state index in [4.69, 9.17) is 16.3 Å². The Balaban J connectivity index is 1.90. The first-order valence-electron chi connectivity index (χ1n) is 6.67. The van der Waals surface area contributed by atoms with Crippen LogP contribution in [0.25, 0.3) is 0 Å². The highest BCUT2D eigenvalue weighted by atomic mass is 35.5. The van der Waals surface area contributed by atoms with E-state index < -0.39 is 0 Å². The van der Waals surface area contributed by atoms with Gasteiger partial charge in [0.15, 0.2) is 0 Å². The van der Waals surface area contributed by atoms with Gasteiger partial charge < -0.3 is 4.74 Å². The molecular weight excluding hydrogens is 276 g/mol. The van der Waals surface area contributed by atoms with Crippen LogP contribution in [0.15, 0.2) is 41.1 Å². The van der Waals surface area contributed by atoms with Gasteiger partial charge in [0.1, 0.15) is 5.75 Å². The molecule has 0 saturated heterocycles. The zero-order valence-corrected chi connectivity index (χ0v) is 12.7. The summed E-state index contributed by atoms with van der Waals surface area (Å²) in [5.74, 6) is 0.927. The van der Waals surface area contributed by atoms with Crippen molar-refractivity contribution in [1.82, 2.24) is 0 Å². The summed E-state index contributed by atoms with van der Waals surface area (Å²) in [6.45, 7) is 2.95. The third kappa shape index (κ3) is 4.55. The Morgan fingerprint density at radius 3 is 2.63 bits per heavy atom. The van der Waals surface area contributed by atoms with Gasteiger partial charge in [-0.3, -0.25) is 0 Å². The number of thiophene rings is 1. The number of ether oxygens (including phenoxy) is 1. The molecular formula is C16H19ClOS. The molecule has 0 amide bonds. The van der Waals surface area contributed by atoms with Crippen LogP contribution in [-0.2, 0) is 6.42 Å². The summed E-state index contributed by atoms with van der Waals surface area (Å²) in [7, 11) is 0. The van der Waals surface area contributed by atoms with Gasteiger partial charge in [-0.2, -0.15) is 11.3 Å². The maximum absolute atomic E-state index is 6.44. The van der Waals surface area contributed by atoms with Gasteiger partial charge >= 0.3 is 0 Å². The average molecular weight is 295 g/mol. The lowest BCUT2D eigenvalue weighted by molar-refractivity contribution is 0.309. The lowest BCUT2D eigenvalue weighted by atomic mass is 10.1. The summed E-state index contributed by atoms with van der Waals surface area (Å²) >= 11 is 8.15. The number of rotatable bonds is 7. The van der Waals surface area contributed by atoms with Crippen molar-refractivity contribution in [1.29, 1.82) is 0 Å². The van der Waals surface area contributed by atoms with Crippen molar-refractivity contribution < 1.29 is 4.74 Å². The van der Waals surface area contributed by atoms with Gasteiger partial charge in [-0.05, 0) is 52.9 Å². The molecule has 2 aromatic rings. The molecule has 0 spiro atoms. The smallest absolute Gasteiger partial charge is 0.119 e. The lowest BCUT2D eigenvalue weighted by Crippen LogP contribution is -1.98. The molecule has 3 heteroatoms. The molecule has 0 bridgehead atoms. The standard InChI is InChI=1S/C16H19ClOS/c1-2-3-9-18-15-6-4-14(5-7-15)16(17)11-13-8-10-19-12-13/h4-8,10,12,16H,2-3,9,11H2,1H3. The highest BCUT2D eigenvalue weighted by molar-refractivity contribution is 7.07. The molecule has 1 aromatic heterocycles. The fourth-order valence-electron chi connectivity index (χ4n) is 1.84. The second kappa shape index (κ2) is 7.56. The molecule has 0 radical (unpaired) electrons. The molecule has 0 aliphatic carbocycles. The van der Waals surface area contributed by atoms with Crippen molar-refractivity contribution >= 4 is 22.9 Å². The van der Waals surface area contributed by atoms with Gasteiger partial charge in [0.2, 0.25) is 0 Å². The lowest BCUT2D eigenvalue weighted by Gasteiger charge is -2.10. The number of hydrogen-bond donors (Lipinski definition) is 0. The topological polar surface area (TPSA) is 9.23 Å². The van der Waals surface area contributed by atoms with Crippen LogP contribution in [0.4, 0.5) is 0 Å². The summed E-state index contributed by atoms with van der Waals surface area (Å²) in [6.07, 6.45) is 3.13. The van der Waals surface area contributed by atoms with Gasteiger partial charge in [-0.15, -0.1) is 11.6 Å². The first kappa shape index (κ1) is 14.4.